The van der Waals surface area contributed by atoms with Crippen molar-refractivity contribution >= 4 is 33.1 Å². The van der Waals surface area contributed by atoms with Gasteiger partial charge in [-0.15, -0.1) is 0 Å². The molecule has 1 amide bonds. The van der Waals surface area contributed by atoms with Crippen molar-refractivity contribution in [1.29, 1.82) is 0 Å². The van der Waals surface area contributed by atoms with Crippen molar-refractivity contribution in [2.75, 3.05) is 33.3 Å². The predicted octanol–water partition coefficient (Wildman–Crippen LogP) is 2.17. The number of aryl methyl sites for hydroxylation is 1. The number of para-hydroxylation sites is 1. The number of rotatable bonds is 6. The van der Waals surface area contributed by atoms with Crippen LogP contribution in [0, 0.1) is 0 Å². The highest BCUT2D eigenvalue weighted by Crippen LogP contribution is 2.23. The molecular formula is C23H25N3O6S. The summed E-state index contributed by atoms with van der Waals surface area (Å²) in [6, 6.07) is 11.8. The SMILES string of the molecule is CCn1c(=O)oc2cc(S(=O)(=O)N3CCN(C(=O)/C=C/c4ccccc4OC)CC3)ccc21. The molecule has 1 aromatic heterocycles. The maximum absolute atomic E-state index is 13.1. The van der Waals surface area contributed by atoms with Crippen LogP contribution in [0.2, 0.25) is 0 Å². The van der Waals surface area contributed by atoms with Crippen LogP contribution in [0.3, 0.4) is 0 Å². The van der Waals surface area contributed by atoms with Gasteiger partial charge in [-0.3, -0.25) is 9.36 Å². The number of piperazine rings is 1. The number of nitrogens with zero attached hydrogens (tertiary/aromatic N) is 3. The number of fused-ring (bicyclic) bond motifs is 1. The van der Waals surface area contributed by atoms with E-state index < -0.39 is 15.8 Å². The van der Waals surface area contributed by atoms with E-state index >= 15 is 0 Å². The summed E-state index contributed by atoms with van der Waals surface area (Å²) >= 11 is 0. The molecule has 2 aromatic carbocycles. The highest BCUT2D eigenvalue weighted by molar-refractivity contribution is 7.89. The van der Waals surface area contributed by atoms with Gasteiger partial charge in [-0.1, -0.05) is 18.2 Å². The van der Waals surface area contributed by atoms with E-state index in [0.29, 0.717) is 17.8 Å². The first-order valence-corrected chi connectivity index (χ1v) is 12.0. The summed E-state index contributed by atoms with van der Waals surface area (Å²) in [6.45, 7) is 3.14. The number of sulfonamides is 1. The lowest BCUT2D eigenvalue weighted by Gasteiger charge is -2.33. The van der Waals surface area contributed by atoms with Gasteiger partial charge in [-0.25, -0.2) is 13.2 Å². The van der Waals surface area contributed by atoms with Crippen molar-refractivity contribution in [2.24, 2.45) is 0 Å². The van der Waals surface area contributed by atoms with Gasteiger partial charge in [-0.05, 0) is 31.2 Å². The minimum Gasteiger partial charge on any atom is -0.496 e. The molecule has 0 atom stereocenters. The Morgan fingerprint density at radius 1 is 1.12 bits per heavy atom. The molecule has 0 aliphatic carbocycles. The molecule has 3 aromatic rings. The Kier molecular flexibility index (Phi) is 6.39. The van der Waals surface area contributed by atoms with Gasteiger partial charge in [0.1, 0.15) is 5.75 Å². The molecule has 1 aliphatic heterocycles. The molecule has 174 valence electrons. The van der Waals surface area contributed by atoms with Crippen molar-refractivity contribution < 1.29 is 22.4 Å². The van der Waals surface area contributed by atoms with Gasteiger partial charge in [0.05, 0.1) is 17.5 Å². The molecule has 10 heteroatoms. The average Bonchev–Trinajstić information content (AvgIpc) is 3.16. The quantitative estimate of drug-likeness (QED) is 0.511. The summed E-state index contributed by atoms with van der Waals surface area (Å²) in [7, 11) is -2.22. The highest BCUT2D eigenvalue weighted by atomic mass is 32.2. The maximum atomic E-state index is 13.1. The third-order valence-corrected chi connectivity index (χ3v) is 7.58. The Labute approximate surface area is 191 Å². The van der Waals surface area contributed by atoms with Crippen LogP contribution < -0.4 is 10.5 Å². The van der Waals surface area contributed by atoms with E-state index in [1.54, 1.807) is 24.2 Å². The molecule has 2 heterocycles. The topological polar surface area (TPSA) is 102 Å². The lowest BCUT2D eigenvalue weighted by Crippen LogP contribution is -2.50. The van der Waals surface area contributed by atoms with E-state index in [9.17, 15) is 18.0 Å². The first-order chi connectivity index (χ1) is 15.8. The van der Waals surface area contributed by atoms with Crippen molar-refractivity contribution in [3.63, 3.8) is 0 Å². The zero-order chi connectivity index (χ0) is 23.6. The van der Waals surface area contributed by atoms with E-state index in [2.05, 4.69) is 0 Å². The van der Waals surface area contributed by atoms with E-state index in [-0.39, 0.29) is 42.6 Å². The van der Waals surface area contributed by atoms with Gasteiger partial charge in [0.15, 0.2) is 5.58 Å². The Balaban J connectivity index is 1.44. The number of benzene rings is 2. The normalized spacial score (nSPS) is 15.4. The Bertz CT molecular complexity index is 1360. The zero-order valence-electron chi connectivity index (χ0n) is 18.4. The number of carbonyl (C=O) groups is 1. The predicted molar refractivity (Wildman–Crippen MR) is 124 cm³/mol. The third-order valence-electron chi connectivity index (χ3n) is 5.69. The molecule has 33 heavy (non-hydrogen) atoms. The second kappa shape index (κ2) is 9.24. The fourth-order valence-electron chi connectivity index (χ4n) is 3.88. The van der Waals surface area contributed by atoms with Crippen LogP contribution in [-0.2, 0) is 21.4 Å². The van der Waals surface area contributed by atoms with Gasteiger partial charge in [0.25, 0.3) is 0 Å². The second-order valence-electron chi connectivity index (χ2n) is 7.55. The largest absolute Gasteiger partial charge is 0.496 e. The summed E-state index contributed by atoms with van der Waals surface area (Å²) < 4.78 is 39.5. The van der Waals surface area contributed by atoms with Gasteiger partial charge >= 0.3 is 5.76 Å². The third kappa shape index (κ3) is 4.44. The first-order valence-electron chi connectivity index (χ1n) is 10.6. The second-order valence-corrected chi connectivity index (χ2v) is 9.48. The van der Waals surface area contributed by atoms with Gasteiger partial charge < -0.3 is 14.1 Å². The fraction of sp³-hybridized carbons (Fsp3) is 0.304. The van der Waals surface area contributed by atoms with Crippen LogP contribution in [0.4, 0.5) is 0 Å². The molecule has 0 N–H and O–H groups in total. The lowest BCUT2D eigenvalue weighted by atomic mass is 10.2. The number of aromatic nitrogens is 1. The Morgan fingerprint density at radius 2 is 1.85 bits per heavy atom. The molecular weight excluding hydrogens is 446 g/mol. The minimum atomic E-state index is -3.79. The molecule has 0 radical (unpaired) electrons. The summed E-state index contributed by atoms with van der Waals surface area (Å²) in [5, 5.41) is 0. The molecule has 1 saturated heterocycles. The van der Waals surface area contributed by atoms with Crippen molar-refractivity contribution in [1.82, 2.24) is 13.8 Å². The molecule has 0 unspecified atom stereocenters. The minimum absolute atomic E-state index is 0.0582. The number of oxazole rings is 1. The fourth-order valence-corrected chi connectivity index (χ4v) is 5.31. The number of amides is 1. The summed E-state index contributed by atoms with van der Waals surface area (Å²) in [4.78, 5) is 26.2. The van der Waals surface area contributed by atoms with Crippen LogP contribution in [0.1, 0.15) is 12.5 Å². The molecule has 0 saturated carbocycles. The van der Waals surface area contributed by atoms with Crippen LogP contribution in [0.15, 0.2) is 62.6 Å². The van der Waals surface area contributed by atoms with E-state index in [0.717, 1.165) is 5.56 Å². The van der Waals surface area contributed by atoms with E-state index in [1.165, 1.54) is 27.1 Å². The van der Waals surface area contributed by atoms with Crippen molar-refractivity contribution in [2.45, 2.75) is 18.4 Å². The summed E-state index contributed by atoms with van der Waals surface area (Å²) in [5.41, 5.74) is 1.57. The molecule has 9 nitrogen and oxygen atoms in total. The first kappa shape index (κ1) is 22.8. The molecule has 4 rings (SSSR count). The monoisotopic (exact) mass is 471 g/mol. The van der Waals surface area contributed by atoms with Crippen LogP contribution in [-0.4, -0.2) is 61.4 Å². The molecule has 0 bridgehead atoms. The van der Waals surface area contributed by atoms with Gasteiger partial charge in [-0.2, -0.15) is 4.31 Å². The number of hydrogen-bond acceptors (Lipinski definition) is 6. The Hall–Kier alpha value is -3.37. The average molecular weight is 472 g/mol. The van der Waals surface area contributed by atoms with E-state index in [1.807, 2.05) is 31.2 Å². The zero-order valence-corrected chi connectivity index (χ0v) is 19.2. The lowest BCUT2D eigenvalue weighted by molar-refractivity contribution is -0.127. The molecule has 1 aliphatic rings. The van der Waals surface area contributed by atoms with Gasteiger partial charge in [0.2, 0.25) is 15.9 Å². The smallest absolute Gasteiger partial charge is 0.419 e. The van der Waals surface area contributed by atoms with Crippen LogP contribution in [0.5, 0.6) is 5.75 Å². The molecule has 1 fully saturated rings. The number of methoxy groups -OCH3 is 1. The standard InChI is InChI=1S/C23H25N3O6S/c1-3-26-19-10-9-18(16-21(19)32-23(26)28)33(29,30)25-14-12-24(13-15-25)22(27)11-8-17-6-4-5-7-20(17)31-2/h4-11,16H,3,12-15H2,1-2H3/b11-8+. The molecule has 0 spiro atoms. The maximum Gasteiger partial charge on any atom is 0.419 e. The van der Waals surface area contributed by atoms with Crippen LogP contribution >= 0.6 is 0 Å². The van der Waals surface area contributed by atoms with Gasteiger partial charge in [0, 0.05) is 50.4 Å². The highest BCUT2D eigenvalue weighted by Gasteiger charge is 2.30. The van der Waals surface area contributed by atoms with Crippen molar-refractivity contribution in [3.05, 3.63) is 64.7 Å². The van der Waals surface area contributed by atoms with E-state index in [4.69, 9.17) is 9.15 Å². The summed E-state index contributed by atoms with van der Waals surface area (Å²) in [6.07, 6.45) is 3.16. The summed E-state index contributed by atoms with van der Waals surface area (Å²) in [5.74, 6) is -0.0445. The number of carbonyl (C=O) groups excluding carboxylic acids is 1. The van der Waals surface area contributed by atoms with Crippen molar-refractivity contribution in [3.8, 4) is 5.75 Å². The number of hydrogen-bond donors (Lipinski definition) is 0. The number of ether oxygens (including phenoxy) is 1. The Morgan fingerprint density at radius 3 is 2.55 bits per heavy atom. The van der Waals surface area contributed by atoms with Crippen LogP contribution in [0.25, 0.3) is 17.2 Å².